The van der Waals surface area contributed by atoms with Gasteiger partial charge in [-0.2, -0.15) is 0 Å². The summed E-state index contributed by atoms with van der Waals surface area (Å²) >= 11 is 0. The van der Waals surface area contributed by atoms with Gasteiger partial charge in [0, 0.05) is 35.3 Å². The van der Waals surface area contributed by atoms with Crippen molar-refractivity contribution in [1.82, 2.24) is 9.80 Å². The van der Waals surface area contributed by atoms with Crippen LogP contribution in [0.2, 0.25) is 0 Å². The largest absolute Gasteiger partial charge is 0.395 e. The molecule has 0 saturated heterocycles. The molecule has 2 amide bonds. The Balaban J connectivity index is 4.37. The monoisotopic (exact) mass is 320 g/mol. The molecule has 0 aromatic heterocycles. The third-order valence-electron chi connectivity index (χ3n) is 1.99. The maximum Gasteiger partial charge on any atom is 0.213 e. The number of aliphatic hydroxyl groups excluding tert-OH is 2. The lowest BCUT2D eigenvalue weighted by molar-refractivity contribution is -0.117. The molecule has 0 heterocycles. The van der Waals surface area contributed by atoms with E-state index in [1.54, 1.807) is 12.4 Å². The van der Waals surface area contributed by atoms with Crippen LogP contribution >= 0.6 is 21.6 Å². The van der Waals surface area contributed by atoms with Crippen LogP contribution in [0.25, 0.3) is 0 Å². The van der Waals surface area contributed by atoms with Crippen LogP contribution in [0, 0.1) is 0 Å². The van der Waals surface area contributed by atoms with Crippen LogP contribution in [0.15, 0.2) is 22.2 Å². The van der Waals surface area contributed by atoms with Gasteiger partial charge in [-0.05, 0) is 13.8 Å². The second-order valence-corrected chi connectivity index (χ2v) is 6.40. The first kappa shape index (κ1) is 19.0. The minimum absolute atomic E-state index is 0.0886. The number of hydrogen-bond donors (Lipinski definition) is 2. The summed E-state index contributed by atoms with van der Waals surface area (Å²) < 4.78 is 0. The topological polar surface area (TPSA) is 81.1 Å². The highest BCUT2D eigenvalue weighted by Gasteiger charge is 2.02. The highest BCUT2D eigenvalue weighted by atomic mass is 33.1. The molecule has 0 aliphatic rings. The molecule has 0 aromatic carbocycles. The summed E-state index contributed by atoms with van der Waals surface area (Å²) in [6, 6.07) is 0. The van der Waals surface area contributed by atoms with Crippen LogP contribution in [0.5, 0.6) is 0 Å². The highest BCUT2D eigenvalue weighted by molar-refractivity contribution is 8.79. The fourth-order valence-electron chi connectivity index (χ4n) is 1.17. The fourth-order valence-corrected chi connectivity index (χ4v) is 2.83. The van der Waals surface area contributed by atoms with Crippen LogP contribution in [0.3, 0.4) is 0 Å². The lowest BCUT2D eigenvalue weighted by atomic mass is 10.5. The minimum Gasteiger partial charge on any atom is -0.395 e. The number of hydrogen-bond acceptors (Lipinski definition) is 6. The summed E-state index contributed by atoms with van der Waals surface area (Å²) in [5.41, 5.74) is 0. The van der Waals surface area contributed by atoms with E-state index in [0.717, 1.165) is 9.81 Å². The van der Waals surface area contributed by atoms with Crippen molar-refractivity contribution in [2.75, 3.05) is 26.3 Å². The van der Waals surface area contributed by atoms with Crippen LogP contribution < -0.4 is 0 Å². The normalized spacial score (nSPS) is 12.2. The van der Waals surface area contributed by atoms with E-state index in [1.165, 1.54) is 31.4 Å². The first-order chi connectivity index (χ1) is 9.57. The zero-order valence-corrected chi connectivity index (χ0v) is 13.2. The molecular weight excluding hydrogens is 300 g/mol. The van der Waals surface area contributed by atoms with Gasteiger partial charge in [-0.25, -0.2) is 0 Å². The second kappa shape index (κ2) is 11.8. The van der Waals surface area contributed by atoms with E-state index in [0.29, 0.717) is 12.8 Å². The maximum absolute atomic E-state index is 10.7. The highest BCUT2D eigenvalue weighted by Crippen LogP contribution is 2.35. The zero-order chi connectivity index (χ0) is 15.4. The molecular formula is C12H20N2O4S2. The van der Waals surface area contributed by atoms with Crippen molar-refractivity contribution >= 4 is 34.4 Å². The molecule has 0 spiro atoms. The number of aliphatic hydroxyl groups is 2. The van der Waals surface area contributed by atoms with E-state index >= 15 is 0 Å². The average Bonchev–Trinajstić information content (AvgIpc) is 2.44. The number of rotatable bonds is 11. The van der Waals surface area contributed by atoms with Crippen molar-refractivity contribution < 1.29 is 19.8 Å². The van der Waals surface area contributed by atoms with E-state index in [2.05, 4.69) is 0 Å². The Morgan fingerprint density at radius 2 is 1.25 bits per heavy atom. The van der Waals surface area contributed by atoms with Crippen LogP contribution in [-0.2, 0) is 9.59 Å². The Kier molecular flexibility index (Phi) is 11.3. The van der Waals surface area contributed by atoms with Crippen LogP contribution in [0.1, 0.15) is 13.8 Å². The molecule has 0 aliphatic heterocycles. The van der Waals surface area contributed by atoms with Gasteiger partial charge in [0.2, 0.25) is 12.8 Å². The Morgan fingerprint density at radius 1 is 0.900 bits per heavy atom. The summed E-state index contributed by atoms with van der Waals surface area (Å²) in [6.07, 6.45) is 4.62. The van der Waals surface area contributed by atoms with Gasteiger partial charge in [0.1, 0.15) is 0 Å². The van der Waals surface area contributed by atoms with Gasteiger partial charge < -0.3 is 20.0 Å². The number of allylic oxidation sites excluding steroid dienone is 2. The Labute approximate surface area is 126 Å². The molecule has 0 rings (SSSR count). The molecule has 0 bridgehead atoms. The van der Waals surface area contributed by atoms with E-state index < -0.39 is 0 Å². The molecule has 0 unspecified atom stereocenters. The number of carbonyl (C=O) groups is 2. The van der Waals surface area contributed by atoms with Crippen molar-refractivity contribution in [1.29, 1.82) is 0 Å². The standard InChI is InChI=1S/C12H20N2O4S2/c1-11(7-13(9-17)3-5-15)19-20-12(2)8-14(10-18)4-6-16/h7-10,15-16H,3-6H2,1-2H3. The predicted octanol–water partition coefficient (Wildman–Crippen LogP) is 0.992. The van der Waals surface area contributed by atoms with Crippen molar-refractivity contribution in [3.63, 3.8) is 0 Å². The van der Waals surface area contributed by atoms with E-state index in [1.807, 2.05) is 13.8 Å². The molecule has 0 saturated carbocycles. The Morgan fingerprint density at radius 3 is 1.50 bits per heavy atom. The molecule has 0 atom stereocenters. The number of carbonyl (C=O) groups excluding carboxylic acids is 2. The number of nitrogens with zero attached hydrogens (tertiary/aromatic N) is 2. The minimum atomic E-state index is -0.0886. The van der Waals surface area contributed by atoms with Crippen molar-refractivity contribution in [3.8, 4) is 0 Å². The molecule has 114 valence electrons. The predicted molar refractivity (Wildman–Crippen MR) is 82.4 cm³/mol. The molecule has 6 nitrogen and oxygen atoms in total. The summed E-state index contributed by atoms with van der Waals surface area (Å²) in [7, 11) is 2.89. The van der Waals surface area contributed by atoms with E-state index in [-0.39, 0.29) is 26.3 Å². The molecule has 0 aliphatic carbocycles. The SMILES string of the molecule is CC(=CN(C=O)CCO)SSC(C)=CN(C=O)CCO. The lowest BCUT2D eigenvalue weighted by Gasteiger charge is -2.13. The summed E-state index contributed by atoms with van der Waals surface area (Å²) in [4.78, 5) is 25.9. The zero-order valence-electron chi connectivity index (χ0n) is 11.6. The van der Waals surface area contributed by atoms with Gasteiger partial charge in [0.15, 0.2) is 0 Å². The fraction of sp³-hybridized carbons (Fsp3) is 0.500. The van der Waals surface area contributed by atoms with Crippen LogP contribution in [-0.4, -0.2) is 59.1 Å². The molecule has 0 aromatic rings. The molecule has 8 heteroatoms. The van der Waals surface area contributed by atoms with Crippen LogP contribution in [0.4, 0.5) is 0 Å². The van der Waals surface area contributed by atoms with E-state index in [9.17, 15) is 9.59 Å². The van der Waals surface area contributed by atoms with Gasteiger partial charge in [0.25, 0.3) is 0 Å². The molecule has 0 radical (unpaired) electrons. The smallest absolute Gasteiger partial charge is 0.213 e. The lowest BCUT2D eigenvalue weighted by Crippen LogP contribution is -2.19. The summed E-state index contributed by atoms with van der Waals surface area (Å²) in [5, 5.41) is 17.5. The second-order valence-electron chi connectivity index (χ2n) is 3.78. The van der Waals surface area contributed by atoms with Gasteiger partial charge >= 0.3 is 0 Å². The maximum atomic E-state index is 10.7. The van der Waals surface area contributed by atoms with Crippen molar-refractivity contribution in [2.45, 2.75) is 13.8 Å². The van der Waals surface area contributed by atoms with Gasteiger partial charge in [-0.1, -0.05) is 21.6 Å². The van der Waals surface area contributed by atoms with E-state index in [4.69, 9.17) is 10.2 Å². The van der Waals surface area contributed by atoms with Gasteiger partial charge in [0.05, 0.1) is 13.2 Å². The molecule has 2 N–H and O–H groups in total. The van der Waals surface area contributed by atoms with Gasteiger partial charge in [-0.3, -0.25) is 9.59 Å². The Bertz CT molecular complexity index is 327. The third-order valence-corrected chi connectivity index (χ3v) is 4.63. The number of amides is 2. The summed E-state index contributed by atoms with van der Waals surface area (Å²) in [5.74, 6) is 0. The van der Waals surface area contributed by atoms with Gasteiger partial charge in [-0.15, -0.1) is 0 Å². The van der Waals surface area contributed by atoms with Crippen molar-refractivity contribution in [3.05, 3.63) is 22.2 Å². The first-order valence-corrected chi connectivity index (χ1v) is 8.07. The summed E-state index contributed by atoms with van der Waals surface area (Å²) in [6.45, 7) is 4.05. The Hall–Kier alpha value is -0.960. The average molecular weight is 320 g/mol. The van der Waals surface area contributed by atoms with Crippen molar-refractivity contribution in [2.24, 2.45) is 0 Å². The molecule has 0 fully saturated rings. The third kappa shape index (κ3) is 9.03. The first-order valence-electron chi connectivity index (χ1n) is 5.92. The quantitative estimate of drug-likeness (QED) is 0.436. The molecule has 20 heavy (non-hydrogen) atoms.